The van der Waals surface area contributed by atoms with Crippen molar-refractivity contribution >= 4 is 23.1 Å². The molecule has 3 nitrogen and oxygen atoms in total. The van der Waals surface area contributed by atoms with Crippen molar-refractivity contribution in [2.75, 3.05) is 29.7 Å². The molecule has 1 unspecified atom stereocenters. The van der Waals surface area contributed by atoms with E-state index in [1.807, 2.05) is 23.9 Å². The summed E-state index contributed by atoms with van der Waals surface area (Å²) in [5, 5.41) is 8.81. The first-order valence-corrected chi connectivity index (χ1v) is 7.04. The molecule has 0 spiro atoms. The van der Waals surface area contributed by atoms with Crippen LogP contribution in [0, 0.1) is 11.3 Å². The van der Waals surface area contributed by atoms with E-state index in [1.165, 1.54) is 0 Å². The molecule has 0 aliphatic rings. The lowest BCUT2D eigenvalue weighted by atomic mass is 10.1. The summed E-state index contributed by atoms with van der Waals surface area (Å²) in [4.78, 5) is 2.20. The normalized spacial score (nSPS) is 11.9. The maximum absolute atomic E-state index is 8.81. The molecular weight excluding hydrogens is 230 g/mol. The van der Waals surface area contributed by atoms with Gasteiger partial charge in [-0.3, -0.25) is 0 Å². The number of nitrogen functional groups attached to an aromatic ring is 1. The highest BCUT2D eigenvalue weighted by Gasteiger charge is 2.14. The van der Waals surface area contributed by atoms with Crippen LogP contribution in [0.4, 0.5) is 11.4 Å². The van der Waals surface area contributed by atoms with Crippen LogP contribution in [0.15, 0.2) is 18.2 Å². The number of nitrogens with zero attached hydrogens (tertiary/aromatic N) is 2. The highest BCUT2D eigenvalue weighted by molar-refractivity contribution is 7.98. The van der Waals surface area contributed by atoms with Crippen LogP contribution in [0.5, 0.6) is 0 Å². The Bertz CT molecular complexity index is 412. The van der Waals surface area contributed by atoms with Crippen molar-refractivity contribution in [2.45, 2.75) is 19.4 Å². The van der Waals surface area contributed by atoms with Gasteiger partial charge in [0.2, 0.25) is 0 Å². The number of anilines is 2. The Morgan fingerprint density at radius 1 is 1.53 bits per heavy atom. The molecule has 17 heavy (non-hydrogen) atoms. The van der Waals surface area contributed by atoms with Crippen LogP contribution in [-0.2, 0) is 0 Å². The molecule has 0 saturated carbocycles. The van der Waals surface area contributed by atoms with Crippen LogP contribution in [0.3, 0.4) is 0 Å². The van der Waals surface area contributed by atoms with Crippen molar-refractivity contribution in [3.8, 4) is 6.07 Å². The van der Waals surface area contributed by atoms with Crippen LogP contribution >= 0.6 is 11.8 Å². The van der Waals surface area contributed by atoms with Crippen LogP contribution in [-0.4, -0.2) is 25.1 Å². The predicted molar refractivity (Wildman–Crippen MR) is 76.4 cm³/mol. The summed E-state index contributed by atoms with van der Waals surface area (Å²) in [5.41, 5.74) is 8.27. The Morgan fingerprint density at radius 3 is 2.71 bits per heavy atom. The molecule has 1 aromatic carbocycles. The topological polar surface area (TPSA) is 53.0 Å². The molecule has 0 saturated heterocycles. The maximum Gasteiger partial charge on any atom is 0.0992 e. The van der Waals surface area contributed by atoms with E-state index < -0.39 is 0 Å². The van der Waals surface area contributed by atoms with Gasteiger partial charge in [-0.15, -0.1) is 0 Å². The van der Waals surface area contributed by atoms with Gasteiger partial charge >= 0.3 is 0 Å². The minimum atomic E-state index is 0.472. The van der Waals surface area contributed by atoms with Crippen molar-refractivity contribution in [1.29, 1.82) is 5.26 Å². The number of hydrogen-bond donors (Lipinski definition) is 1. The van der Waals surface area contributed by atoms with Crippen molar-refractivity contribution in [2.24, 2.45) is 0 Å². The van der Waals surface area contributed by atoms with Gasteiger partial charge in [-0.25, -0.2) is 0 Å². The smallest absolute Gasteiger partial charge is 0.0992 e. The summed E-state index contributed by atoms with van der Waals surface area (Å²) < 4.78 is 0. The third-order valence-electron chi connectivity index (χ3n) is 2.91. The van der Waals surface area contributed by atoms with E-state index in [4.69, 9.17) is 11.0 Å². The van der Waals surface area contributed by atoms with Crippen LogP contribution in [0.25, 0.3) is 0 Å². The van der Waals surface area contributed by atoms with Gasteiger partial charge in [0.25, 0.3) is 0 Å². The highest BCUT2D eigenvalue weighted by atomic mass is 32.2. The van der Waals surface area contributed by atoms with E-state index in [0.29, 0.717) is 17.3 Å². The third-order valence-corrected chi connectivity index (χ3v) is 3.63. The van der Waals surface area contributed by atoms with Crippen LogP contribution in [0.2, 0.25) is 0 Å². The van der Waals surface area contributed by atoms with E-state index in [2.05, 4.69) is 31.2 Å². The molecule has 0 amide bonds. The number of thioether (sulfide) groups is 1. The molecule has 1 atom stereocenters. The number of benzene rings is 1. The second kappa shape index (κ2) is 6.41. The van der Waals surface area contributed by atoms with E-state index >= 15 is 0 Å². The average molecular weight is 249 g/mol. The number of nitriles is 1. The van der Waals surface area contributed by atoms with Gasteiger partial charge in [-0.2, -0.15) is 17.0 Å². The Morgan fingerprint density at radius 2 is 2.24 bits per heavy atom. The lowest BCUT2D eigenvalue weighted by molar-refractivity contribution is 0.674. The van der Waals surface area contributed by atoms with Crippen molar-refractivity contribution < 1.29 is 0 Å². The SMILES string of the molecule is CCC(CSC)N(C)c1ccc(C#N)cc1N. The Labute approximate surface area is 108 Å². The first-order chi connectivity index (χ1) is 8.13. The first-order valence-electron chi connectivity index (χ1n) is 5.65. The Hall–Kier alpha value is -1.34. The summed E-state index contributed by atoms with van der Waals surface area (Å²) in [6, 6.07) is 8.05. The summed E-state index contributed by atoms with van der Waals surface area (Å²) in [6.45, 7) is 2.18. The zero-order valence-corrected chi connectivity index (χ0v) is 11.4. The third kappa shape index (κ3) is 3.31. The molecule has 2 N–H and O–H groups in total. The van der Waals surface area contributed by atoms with Gasteiger partial charge in [-0.1, -0.05) is 6.92 Å². The molecule has 0 bridgehead atoms. The highest BCUT2D eigenvalue weighted by Crippen LogP contribution is 2.26. The van der Waals surface area contributed by atoms with Crippen molar-refractivity contribution in [3.05, 3.63) is 23.8 Å². The lowest BCUT2D eigenvalue weighted by Crippen LogP contribution is -2.33. The lowest BCUT2D eigenvalue weighted by Gasteiger charge is -2.29. The summed E-state index contributed by atoms with van der Waals surface area (Å²) >= 11 is 1.84. The van der Waals surface area contributed by atoms with E-state index in [0.717, 1.165) is 17.9 Å². The molecular formula is C13H19N3S. The van der Waals surface area contributed by atoms with E-state index in [1.54, 1.807) is 6.07 Å². The molecule has 0 heterocycles. The van der Waals surface area contributed by atoms with Crippen LogP contribution < -0.4 is 10.6 Å². The van der Waals surface area contributed by atoms with Crippen molar-refractivity contribution in [3.63, 3.8) is 0 Å². The fourth-order valence-electron chi connectivity index (χ4n) is 1.84. The maximum atomic E-state index is 8.81. The summed E-state index contributed by atoms with van der Waals surface area (Å²) in [5.74, 6) is 1.08. The minimum absolute atomic E-state index is 0.472. The van der Waals surface area contributed by atoms with E-state index in [-0.39, 0.29) is 0 Å². The van der Waals surface area contributed by atoms with Gasteiger partial charge in [0.05, 0.1) is 23.0 Å². The minimum Gasteiger partial charge on any atom is -0.397 e. The van der Waals surface area contributed by atoms with Gasteiger partial charge < -0.3 is 10.6 Å². The molecule has 4 heteroatoms. The van der Waals surface area contributed by atoms with Gasteiger partial charge in [-0.05, 0) is 30.9 Å². The second-order valence-electron chi connectivity index (χ2n) is 4.01. The Balaban J connectivity index is 2.95. The summed E-state index contributed by atoms with van der Waals surface area (Å²) in [6.07, 6.45) is 3.19. The van der Waals surface area contributed by atoms with Gasteiger partial charge in [0.1, 0.15) is 0 Å². The second-order valence-corrected chi connectivity index (χ2v) is 4.92. The molecule has 92 valence electrons. The van der Waals surface area contributed by atoms with Gasteiger partial charge in [0.15, 0.2) is 0 Å². The fraction of sp³-hybridized carbons (Fsp3) is 0.462. The fourth-order valence-corrected chi connectivity index (χ4v) is 2.68. The average Bonchev–Trinajstić information content (AvgIpc) is 2.35. The Kier molecular flexibility index (Phi) is 5.17. The monoisotopic (exact) mass is 249 g/mol. The van der Waals surface area contributed by atoms with Gasteiger partial charge in [0, 0.05) is 18.8 Å². The molecule has 0 radical (unpaired) electrons. The standard InChI is InChI=1S/C13H19N3S/c1-4-11(9-17-3)16(2)13-6-5-10(8-14)7-12(13)15/h5-7,11H,4,9,15H2,1-3H3. The number of nitrogens with two attached hydrogens (primary N) is 1. The number of rotatable bonds is 5. The predicted octanol–water partition coefficient (Wildman–Crippen LogP) is 2.72. The van der Waals surface area contributed by atoms with E-state index in [9.17, 15) is 0 Å². The quantitative estimate of drug-likeness (QED) is 0.815. The molecule has 0 aliphatic heterocycles. The zero-order valence-electron chi connectivity index (χ0n) is 10.6. The van der Waals surface area contributed by atoms with Crippen molar-refractivity contribution in [1.82, 2.24) is 0 Å². The molecule has 0 aromatic heterocycles. The molecule has 0 fully saturated rings. The van der Waals surface area contributed by atoms with Crippen LogP contribution in [0.1, 0.15) is 18.9 Å². The number of hydrogen-bond acceptors (Lipinski definition) is 4. The molecule has 0 aliphatic carbocycles. The molecule has 1 aromatic rings. The largest absolute Gasteiger partial charge is 0.397 e. The first kappa shape index (κ1) is 13.7. The molecule has 1 rings (SSSR count). The zero-order chi connectivity index (χ0) is 12.8. The summed E-state index contributed by atoms with van der Waals surface area (Å²) in [7, 11) is 2.06.